The Morgan fingerprint density at radius 2 is 2.06 bits per heavy atom. The number of imidazole rings is 1. The first kappa shape index (κ1) is 12.2. The van der Waals surface area contributed by atoms with Gasteiger partial charge >= 0.3 is 6.18 Å². The van der Waals surface area contributed by atoms with Crippen molar-refractivity contribution in [1.82, 2.24) is 19.9 Å². The minimum atomic E-state index is -4.62. The number of nitrogens with one attached hydrogen (secondary N) is 1. The molecule has 0 aliphatic carbocycles. The van der Waals surface area contributed by atoms with Crippen molar-refractivity contribution in [3.63, 3.8) is 0 Å². The first-order valence-electron chi connectivity index (χ1n) is 4.24. The van der Waals surface area contributed by atoms with E-state index in [1.54, 1.807) is 6.20 Å². The molecule has 17 heavy (non-hydrogen) atoms. The second-order valence-corrected chi connectivity index (χ2v) is 4.24. The summed E-state index contributed by atoms with van der Waals surface area (Å²) >= 11 is 6.44. The maximum atomic E-state index is 12.4. The summed E-state index contributed by atoms with van der Waals surface area (Å²) in [6, 6.07) is 1.24. The van der Waals surface area contributed by atoms with Crippen LogP contribution in [0.4, 0.5) is 13.2 Å². The summed E-state index contributed by atoms with van der Waals surface area (Å²) in [7, 11) is 0. The molecule has 0 amide bonds. The highest BCUT2D eigenvalue weighted by atomic mass is 35.5. The fraction of sp³-hybridized carbons (Fsp3) is 0.125. The largest absolute Gasteiger partial charge is 0.451 e. The minimum absolute atomic E-state index is 0.0762. The molecule has 0 aliphatic rings. The topological polar surface area (TPSA) is 54.5 Å². The highest BCUT2D eigenvalue weighted by Crippen LogP contribution is 2.30. The monoisotopic (exact) mass is 280 g/mol. The average molecular weight is 281 g/mol. The molecule has 0 fully saturated rings. The molecule has 0 atom stereocenters. The smallest absolute Gasteiger partial charge is 0.339 e. The van der Waals surface area contributed by atoms with Crippen molar-refractivity contribution in [2.24, 2.45) is 0 Å². The molecule has 9 heteroatoms. The molecule has 2 aromatic heterocycles. The zero-order valence-corrected chi connectivity index (χ0v) is 9.57. The van der Waals surface area contributed by atoms with Crippen LogP contribution >= 0.6 is 23.4 Å². The molecule has 4 nitrogen and oxygen atoms in total. The lowest BCUT2D eigenvalue weighted by Crippen LogP contribution is -2.11. The Labute approximate surface area is 103 Å². The molecule has 0 unspecified atom stereocenters. The summed E-state index contributed by atoms with van der Waals surface area (Å²) < 4.78 is 37.2. The molecule has 2 aromatic rings. The van der Waals surface area contributed by atoms with Gasteiger partial charge in [0.15, 0.2) is 5.16 Å². The SMILES string of the molecule is FC(F)(F)c1nc(Cl)cc(Sc2ncc[nH]2)n1. The number of rotatable bonds is 2. The van der Waals surface area contributed by atoms with Crippen molar-refractivity contribution >= 4 is 23.4 Å². The van der Waals surface area contributed by atoms with Gasteiger partial charge in [-0.15, -0.1) is 0 Å². The van der Waals surface area contributed by atoms with E-state index >= 15 is 0 Å². The predicted octanol–water partition coefficient (Wildman–Crippen LogP) is 3.02. The number of halogens is 4. The van der Waals surface area contributed by atoms with Gasteiger partial charge < -0.3 is 4.98 Å². The number of hydrogen-bond acceptors (Lipinski definition) is 4. The Morgan fingerprint density at radius 3 is 2.65 bits per heavy atom. The fourth-order valence-electron chi connectivity index (χ4n) is 0.982. The van der Waals surface area contributed by atoms with Crippen molar-refractivity contribution in [3.8, 4) is 0 Å². The fourth-order valence-corrected chi connectivity index (χ4v) is 1.97. The van der Waals surface area contributed by atoms with Crippen molar-refractivity contribution in [2.75, 3.05) is 0 Å². The van der Waals surface area contributed by atoms with E-state index in [-0.39, 0.29) is 10.2 Å². The summed E-state index contributed by atoms with van der Waals surface area (Å²) in [6.45, 7) is 0. The van der Waals surface area contributed by atoms with Crippen LogP contribution in [0, 0.1) is 0 Å². The summed E-state index contributed by atoms with van der Waals surface area (Å²) in [5.41, 5.74) is 0. The Morgan fingerprint density at radius 1 is 1.29 bits per heavy atom. The van der Waals surface area contributed by atoms with E-state index in [2.05, 4.69) is 19.9 Å². The van der Waals surface area contributed by atoms with Gasteiger partial charge in [0.1, 0.15) is 10.2 Å². The van der Waals surface area contributed by atoms with Crippen LogP contribution in [-0.4, -0.2) is 19.9 Å². The van der Waals surface area contributed by atoms with Crippen LogP contribution in [0.25, 0.3) is 0 Å². The maximum Gasteiger partial charge on any atom is 0.451 e. The van der Waals surface area contributed by atoms with Gasteiger partial charge in [0.2, 0.25) is 5.82 Å². The number of nitrogens with zero attached hydrogens (tertiary/aromatic N) is 3. The molecule has 0 bridgehead atoms. The Bertz CT molecular complexity index is 514. The number of aromatic nitrogens is 4. The van der Waals surface area contributed by atoms with Crippen molar-refractivity contribution in [3.05, 3.63) is 29.4 Å². The summed E-state index contributed by atoms with van der Waals surface area (Å²) in [5.74, 6) is -1.26. The molecule has 0 radical (unpaired) electrons. The quantitative estimate of drug-likeness (QED) is 0.859. The first-order valence-corrected chi connectivity index (χ1v) is 5.43. The first-order chi connectivity index (χ1) is 7.95. The van der Waals surface area contributed by atoms with Crippen LogP contribution in [-0.2, 0) is 6.18 Å². The van der Waals surface area contributed by atoms with Crippen LogP contribution in [0.2, 0.25) is 5.15 Å². The van der Waals surface area contributed by atoms with Gasteiger partial charge in [-0.1, -0.05) is 11.6 Å². The third-order valence-corrected chi connectivity index (χ3v) is 2.63. The van der Waals surface area contributed by atoms with Gasteiger partial charge in [0, 0.05) is 18.5 Å². The van der Waals surface area contributed by atoms with E-state index in [9.17, 15) is 13.2 Å². The molecule has 90 valence electrons. The molecule has 0 aliphatic heterocycles. The Kier molecular flexibility index (Phi) is 3.25. The van der Waals surface area contributed by atoms with E-state index in [0.29, 0.717) is 5.16 Å². The van der Waals surface area contributed by atoms with Crippen molar-refractivity contribution < 1.29 is 13.2 Å². The summed E-state index contributed by atoms with van der Waals surface area (Å²) in [4.78, 5) is 13.1. The molecule has 0 aromatic carbocycles. The molecule has 0 saturated heterocycles. The molecular weight excluding hydrogens is 277 g/mol. The van der Waals surface area contributed by atoms with Crippen LogP contribution < -0.4 is 0 Å². The predicted molar refractivity (Wildman–Crippen MR) is 54.8 cm³/mol. The second kappa shape index (κ2) is 4.53. The van der Waals surface area contributed by atoms with Crippen LogP contribution in [0.3, 0.4) is 0 Å². The van der Waals surface area contributed by atoms with Gasteiger partial charge in [-0.05, 0) is 11.8 Å². The van der Waals surface area contributed by atoms with Gasteiger partial charge in [-0.3, -0.25) is 0 Å². The highest BCUT2D eigenvalue weighted by Gasteiger charge is 2.35. The third-order valence-electron chi connectivity index (χ3n) is 1.60. The average Bonchev–Trinajstić information content (AvgIpc) is 2.68. The van der Waals surface area contributed by atoms with Gasteiger partial charge in [-0.2, -0.15) is 13.2 Å². The van der Waals surface area contributed by atoms with Gasteiger partial charge in [0.25, 0.3) is 0 Å². The van der Waals surface area contributed by atoms with Crippen LogP contribution in [0.1, 0.15) is 5.82 Å². The van der Waals surface area contributed by atoms with E-state index < -0.39 is 12.0 Å². The zero-order chi connectivity index (χ0) is 12.5. The number of H-pyrrole nitrogens is 1. The molecule has 0 saturated carbocycles. The summed E-state index contributed by atoms with van der Waals surface area (Å²) in [6.07, 6.45) is -1.59. The normalized spacial score (nSPS) is 11.8. The standard InChI is InChI=1S/C8H4ClF3N4S/c9-4-3-5(17-7-13-1-2-14-7)16-6(15-4)8(10,11)12/h1-3H,(H,13,14). The van der Waals surface area contributed by atoms with Gasteiger partial charge in [0.05, 0.1) is 0 Å². The number of alkyl halides is 3. The van der Waals surface area contributed by atoms with E-state index in [1.807, 2.05) is 0 Å². The van der Waals surface area contributed by atoms with Crippen LogP contribution in [0.5, 0.6) is 0 Å². The Balaban J connectivity index is 2.32. The lowest BCUT2D eigenvalue weighted by Gasteiger charge is -2.06. The lowest BCUT2D eigenvalue weighted by atomic mass is 10.5. The Hall–Kier alpha value is -1.28. The number of hydrogen-bond donors (Lipinski definition) is 1. The molecule has 0 spiro atoms. The zero-order valence-electron chi connectivity index (χ0n) is 7.99. The van der Waals surface area contributed by atoms with Gasteiger partial charge in [-0.25, -0.2) is 15.0 Å². The molecular formula is C8H4ClF3N4S. The molecule has 2 heterocycles. The molecule has 1 N–H and O–H groups in total. The molecule has 2 rings (SSSR count). The van der Waals surface area contributed by atoms with E-state index in [4.69, 9.17) is 11.6 Å². The maximum absolute atomic E-state index is 12.4. The van der Waals surface area contributed by atoms with Crippen molar-refractivity contribution in [1.29, 1.82) is 0 Å². The van der Waals surface area contributed by atoms with Crippen molar-refractivity contribution in [2.45, 2.75) is 16.4 Å². The third kappa shape index (κ3) is 3.10. The highest BCUT2D eigenvalue weighted by molar-refractivity contribution is 7.99. The summed E-state index contributed by atoms with van der Waals surface area (Å²) in [5, 5.41) is 0.238. The number of aromatic amines is 1. The van der Waals surface area contributed by atoms with E-state index in [1.165, 1.54) is 12.3 Å². The second-order valence-electron chi connectivity index (χ2n) is 2.85. The van der Waals surface area contributed by atoms with E-state index in [0.717, 1.165) is 11.8 Å². The van der Waals surface area contributed by atoms with Crippen LogP contribution in [0.15, 0.2) is 28.6 Å². The lowest BCUT2D eigenvalue weighted by molar-refractivity contribution is -0.145. The minimum Gasteiger partial charge on any atom is -0.339 e.